The molecule has 1 atom stereocenters. The molecule has 6 nitrogen and oxygen atoms in total. The Morgan fingerprint density at radius 1 is 1.73 bits per heavy atom. The fraction of sp³-hybridized carbons (Fsp3) is 0.556. The molecule has 2 rings (SSSR count). The maximum Gasteiger partial charge on any atom is 0.274 e. The van der Waals surface area contributed by atoms with Crippen LogP contribution >= 0.6 is 0 Å². The van der Waals surface area contributed by atoms with Crippen LogP contribution in [0.2, 0.25) is 0 Å². The number of β-amino-alcohol motifs (C(OH)–C–C–N with tert-alkyl or cyclic N) is 1. The van der Waals surface area contributed by atoms with E-state index in [2.05, 4.69) is 10.2 Å². The van der Waals surface area contributed by atoms with E-state index in [0.717, 1.165) is 12.8 Å². The number of aliphatic hydroxyl groups excluding tert-OH is 1. The normalized spacial score (nSPS) is 21.7. The van der Waals surface area contributed by atoms with Gasteiger partial charge in [-0.3, -0.25) is 9.89 Å². The van der Waals surface area contributed by atoms with E-state index in [1.807, 2.05) is 0 Å². The fourth-order valence-electron chi connectivity index (χ4n) is 1.76. The minimum absolute atomic E-state index is 0.191. The van der Waals surface area contributed by atoms with Crippen molar-refractivity contribution < 1.29 is 9.90 Å². The molecule has 6 heteroatoms. The molecule has 1 aromatic rings. The number of rotatable bonds is 1. The second-order valence-electron chi connectivity index (χ2n) is 3.75. The van der Waals surface area contributed by atoms with Crippen molar-refractivity contribution in [2.45, 2.75) is 18.9 Å². The molecule has 0 aromatic carbocycles. The average molecular weight is 210 g/mol. The second kappa shape index (κ2) is 3.90. The molecule has 1 aliphatic rings. The molecule has 15 heavy (non-hydrogen) atoms. The van der Waals surface area contributed by atoms with E-state index < -0.39 is 6.10 Å². The summed E-state index contributed by atoms with van der Waals surface area (Å²) in [5.74, 6) is -0.191. The summed E-state index contributed by atoms with van der Waals surface area (Å²) >= 11 is 0. The molecule has 0 bridgehead atoms. The Labute approximate surface area is 87.1 Å². The number of piperidine rings is 1. The van der Waals surface area contributed by atoms with Crippen molar-refractivity contribution in [3.8, 4) is 0 Å². The number of hydrogen-bond donors (Lipinski definition) is 3. The van der Waals surface area contributed by atoms with Gasteiger partial charge in [-0.05, 0) is 12.8 Å². The minimum Gasteiger partial charge on any atom is -0.396 e. The number of nitrogen functional groups attached to an aromatic ring is 1. The van der Waals surface area contributed by atoms with Crippen LogP contribution in [0.1, 0.15) is 23.3 Å². The summed E-state index contributed by atoms with van der Waals surface area (Å²) in [6.45, 7) is 1.03. The van der Waals surface area contributed by atoms with Crippen molar-refractivity contribution in [3.05, 3.63) is 11.9 Å². The van der Waals surface area contributed by atoms with Crippen molar-refractivity contribution in [2.75, 3.05) is 18.8 Å². The summed E-state index contributed by atoms with van der Waals surface area (Å²) in [6.07, 6.45) is 2.56. The quantitative estimate of drug-likeness (QED) is 0.587. The zero-order valence-corrected chi connectivity index (χ0v) is 8.31. The predicted molar refractivity (Wildman–Crippen MR) is 54.1 cm³/mol. The van der Waals surface area contributed by atoms with Crippen molar-refractivity contribution in [1.82, 2.24) is 15.1 Å². The number of carbonyl (C=O) groups is 1. The molecule has 0 spiro atoms. The summed E-state index contributed by atoms with van der Waals surface area (Å²) in [5, 5.41) is 15.7. The molecule has 82 valence electrons. The number of nitrogens with two attached hydrogens (primary N) is 1. The first-order chi connectivity index (χ1) is 7.18. The lowest BCUT2D eigenvalue weighted by molar-refractivity contribution is 0.0470. The molecule has 0 saturated carbocycles. The standard InChI is InChI=1S/C9H14N4O2/c10-7-4-11-12-8(7)9(15)13-3-1-2-6(14)5-13/h4,6,14H,1-3,5,10H2,(H,11,12)/t6-/m0/s1. The number of aliphatic hydroxyl groups is 1. The molecular weight excluding hydrogens is 196 g/mol. The zero-order valence-electron chi connectivity index (χ0n) is 8.31. The molecule has 1 amide bonds. The molecule has 4 N–H and O–H groups in total. The third-order valence-electron chi connectivity index (χ3n) is 2.57. The highest BCUT2D eigenvalue weighted by molar-refractivity contribution is 5.97. The first kappa shape index (κ1) is 9.97. The first-order valence-electron chi connectivity index (χ1n) is 4.94. The number of nitrogens with zero attached hydrogens (tertiary/aromatic N) is 2. The summed E-state index contributed by atoms with van der Waals surface area (Å²) in [4.78, 5) is 13.5. The Balaban J connectivity index is 2.11. The third-order valence-corrected chi connectivity index (χ3v) is 2.57. The first-order valence-corrected chi connectivity index (χ1v) is 4.94. The molecular formula is C9H14N4O2. The van der Waals surface area contributed by atoms with E-state index in [1.165, 1.54) is 6.20 Å². The van der Waals surface area contributed by atoms with Crippen LogP contribution in [0.5, 0.6) is 0 Å². The topological polar surface area (TPSA) is 95.2 Å². The number of hydrogen-bond acceptors (Lipinski definition) is 4. The maximum absolute atomic E-state index is 11.9. The number of likely N-dealkylation sites (tertiary alicyclic amines) is 1. The van der Waals surface area contributed by atoms with Crippen molar-refractivity contribution >= 4 is 11.6 Å². The van der Waals surface area contributed by atoms with E-state index in [1.54, 1.807) is 4.90 Å². The van der Waals surface area contributed by atoms with Crippen LogP contribution in [-0.4, -0.2) is 45.3 Å². The number of amides is 1. The van der Waals surface area contributed by atoms with Crippen LogP contribution in [0.15, 0.2) is 6.20 Å². The van der Waals surface area contributed by atoms with Crippen LogP contribution < -0.4 is 5.73 Å². The molecule has 1 aromatic heterocycles. The van der Waals surface area contributed by atoms with Gasteiger partial charge < -0.3 is 15.7 Å². The van der Waals surface area contributed by atoms with Gasteiger partial charge in [-0.25, -0.2) is 0 Å². The van der Waals surface area contributed by atoms with Gasteiger partial charge in [0.05, 0.1) is 18.0 Å². The van der Waals surface area contributed by atoms with E-state index in [9.17, 15) is 9.90 Å². The van der Waals surface area contributed by atoms with Crippen LogP contribution in [-0.2, 0) is 0 Å². The van der Waals surface area contributed by atoms with Crippen molar-refractivity contribution in [1.29, 1.82) is 0 Å². The largest absolute Gasteiger partial charge is 0.396 e. The molecule has 0 radical (unpaired) electrons. The highest BCUT2D eigenvalue weighted by Crippen LogP contribution is 2.15. The molecule has 1 aliphatic heterocycles. The Hall–Kier alpha value is -1.56. The number of anilines is 1. The van der Waals surface area contributed by atoms with Gasteiger partial charge in [-0.15, -0.1) is 0 Å². The lowest BCUT2D eigenvalue weighted by Crippen LogP contribution is -2.42. The van der Waals surface area contributed by atoms with E-state index in [4.69, 9.17) is 5.73 Å². The van der Waals surface area contributed by atoms with Crippen LogP contribution in [0.3, 0.4) is 0 Å². The van der Waals surface area contributed by atoms with E-state index >= 15 is 0 Å². The van der Waals surface area contributed by atoms with Crippen LogP contribution in [0.25, 0.3) is 0 Å². The van der Waals surface area contributed by atoms with Gasteiger partial charge in [0.15, 0.2) is 0 Å². The number of carbonyl (C=O) groups excluding carboxylic acids is 1. The lowest BCUT2D eigenvalue weighted by Gasteiger charge is -2.29. The smallest absolute Gasteiger partial charge is 0.274 e. The molecule has 0 aliphatic carbocycles. The molecule has 1 saturated heterocycles. The predicted octanol–water partition coefficient (Wildman–Crippen LogP) is -0.411. The zero-order chi connectivity index (χ0) is 10.8. The fourth-order valence-corrected chi connectivity index (χ4v) is 1.76. The molecule has 2 heterocycles. The van der Waals surface area contributed by atoms with Crippen molar-refractivity contribution in [3.63, 3.8) is 0 Å². The van der Waals surface area contributed by atoms with Gasteiger partial charge >= 0.3 is 0 Å². The highest BCUT2D eigenvalue weighted by atomic mass is 16.3. The van der Waals surface area contributed by atoms with Gasteiger partial charge in [-0.1, -0.05) is 0 Å². The summed E-state index contributed by atoms with van der Waals surface area (Å²) in [5.41, 5.74) is 6.24. The molecule has 1 fully saturated rings. The summed E-state index contributed by atoms with van der Waals surface area (Å²) in [6, 6.07) is 0. The molecule has 0 unspecified atom stereocenters. The number of nitrogens with one attached hydrogen (secondary N) is 1. The van der Waals surface area contributed by atoms with Crippen LogP contribution in [0, 0.1) is 0 Å². The van der Waals surface area contributed by atoms with E-state index in [-0.39, 0.29) is 5.91 Å². The highest BCUT2D eigenvalue weighted by Gasteiger charge is 2.25. The SMILES string of the molecule is Nc1cn[nH]c1C(=O)N1CCC[C@H](O)C1. The van der Waals surface area contributed by atoms with Crippen molar-refractivity contribution in [2.24, 2.45) is 0 Å². The van der Waals surface area contributed by atoms with Crippen LogP contribution in [0.4, 0.5) is 5.69 Å². The Morgan fingerprint density at radius 2 is 2.53 bits per heavy atom. The van der Waals surface area contributed by atoms with Gasteiger partial charge in [0.2, 0.25) is 0 Å². The Bertz CT molecular complexity index is 363. The monoisotopic (exact) mass is 210 g/mol. The minimum atomic E-state index is -0.424. The number of aromatic amines is 1. The summed E-state index contributed by atoms with van der Waals surface area (Å²) < 4.78 is 0. The van der Waals surface area contributed by atoms with Gasteiger partial charge in [-0.2, -0.15) is 5.10 Å². The Kier molecular flexibility index (Phi) is 2.59. The summed E-state index contributed by atoms with van der Waals surface area (Å²) in [7, 11) is 0. The third kappa shape index (κ3) is 1.94. The maximum atomic E-state index is 11.9. The lowest BCUT2D eigenvalue weighted by atomic mass is 10.1. The van der Waals surface area contributed by atoms with Gasteiger partial charge in [0, 0.05) is 13.1 Å². The number of aromatic nitrogens is 2. The average Bonchev–Trinajstić information content (AvgIpc) is 2.63. The Morgan fingerprint density at radius 3 is 3.13 bits per heavy atom. The number of H-pyrrole nitrogens is 1. The second-order valence-corrected chi connectivity index (χ2v) is 3.75. The van der Waals surface area contributed by atoms with Gasteiger partial charge in [0.25, 0.3) is 5.91 Å². The van der Waals surface area contributed by atoms with Gasteiger partial charge in [0.1, 0.15) is 5.69 Å². The van der Waals surface area contributed by atoms with E-state index in [0.29, 0.717) is 24.5 Å².